The highest BCUT2D eigenvalue weighted by Crippen LogP contribution is 2.21. The van der Waals surface area contributed by atoms with Crippen molar-refractivity contribution < 1.29 is 0 Å². The number of pyridine rings is 1. The molecule has 1 fully saturated rings. The van der Waals surface area contributed by atoms with Gasteiger partial charge in [0.1, 0.15) is 0 Å². The van der Waals surface area contributed by atoms with Crippen LogP contribution in [0.1, 0.15) is 18.4 Å². The van der Waals surface area contributed by atoms with Gasteiger partial charge in [0, 0.05) is 12.4 Å². The Morgan fingerprint density at radius 3 is 2.57 bits per heavy atom. The first-order chi connectivity index (χ1) is 6.84. The highest BCUT2D eigenvalue weighted by molar-refractivity contribution is 5.20. The van der Waals surface area contributed by atoms with E-state index in [-0.39, 0.29) is 0 Å². The molecule has 2 nitrogen and oxygen atoms in total. The van der Waals surface area contributed by atoms with E-state index in [1.54, 1.807) is 0 Å². The number of nitrogens with zero attached hydrogens (tertiary/aromatic N) is 2. The molecule has 0 N–H and O–H groups in total. The molecule has 1 aliphatic rings. The standard InChI is InChI=1S/C12H17N2/c1-14-8-4-12(5-9-14)10-11-2-6-13-7-3-11/h2-3,6-7,10,12H,4-5,8-9H2,1H3. The summed E-state index contributed by atoms with van der Waals surface area (Å²) in [6, 6.07) is 4.16. The maximum Gasteiger partial charge on any atom is 0.0270 e. The van der Waals surface area contributed by atoms with Crippen LogP contribution in [0.25, 0.3) is 0 Å². The lowest BCUT2D eigenvalue weighted by atomic mass is 9.91. The molecule has 2 heterocycles. The zero-order valence-electron chi connectivity index (χ0n) is 8.69. The first kappa shape index (κ1) is 9.66. The predicted octanol–water partition coefficient (Wildman–Crippen LogP) is 1.98. The zero-order valence-corrected chi connectivity index (χ0v) is 8.69. The number of hydrogen-bond acceptors (Lipinski definition) is 2. The lowest BCUT2D eigenvalue weighted by Crippen LogP contribution is -2.30. The summed E-state index contributed by atoms with van der Waals surface area (Å²) >= 11 is 0. The fourth-order valence-corrected chi connectivity index (χ4v) is 1.94. The summed E-state index contributed by atoms with van der Waals surface area (Å²) in [5.74, 6) is 0.758. The summed E-state index contributed by atoms with van der Waals surface area (Å²) in [6.45, 7) is 2.46. The van der Waals surface area contributed by atoms with E-state index in [4.69, 9.17) is 0 Å². The molecular weight excluding hydrogens is 172 g/mol. The predicted molar refractivity (Wildman–Crippen MR) is 57.9 cm³/mol. The monoisotopic (exact) mass is 189 g/mol. The fraction of sp³-hybridized carbons (Fsp3) is 0.500. The third-order valence-corrected chi connectivity index (χ3v) is 2.90. The molecule has 0 saturated carbocycles. The molecule has 1 aliphatic heterocycles. The smallest absolute Gasteiger partial charge is 0.0270 e. The Labute approximate surface area is 86.0 Å². The summed E-state index contributed by atoms with van der Waals surface area (Å²) < 4.78 is 0. The van der Waals surface area contributed by atoms with Crippen LogP contribution >= 0.6 is 0 Å². The lowest BCUT2D eigenvalue weighted by Gasteiger charge is -2.28. The molecule has 75 valence electrons. The van der Waals surface area contributed by atoms with Crippen molar-refractivity contribution in [2.75, 3.05) is 20.1 Å². The van der Waals surface area contributed by atoms with E-state index < -0.39 is 0 Å². The third kappa shape index (κ3) is 2.55. The fourth-order valence-electron chi connectivity index (χ4n) is 1.94. The SMILES string of the molecule is CN1CCC([CH]c2ccncc2)CC1. The van der Waals surface area contributed by atoms with Crippen LogP contribution in [0.5, 0.6) is 0 Å². The summed E-state index contributed by atoms with van der Waals surface area (Å²) in [7, 11) is 2.20. The van der Waals surface area contributed by atoms with Crippen molar-refractivity contribution in [2.24, 2.45) is 5.92 Å². The molecular formula is C12H17N2. The summed E-state index contributed by atoms with van der Waals surface area (Å²) in [5.41, 5.74) is 1.31. The number of piperidine rings is 1. The van der Waals surface area contributed by atoms with Crippen molar-refractivity contribution in [1.29, 1.82) is 0 Å². The van der Waals surface area contributed by atoms with Crippen molar-refractivity contribution in [3.63, 3.8) is 0 Å². The Kier molecular flexibility index (Phi) is 3.14. The zero-order chi connectivity index (χ0) is 9.80. The Hall–Kier alpha value is -0.890. The number of rotatable bonds is 2. The minimum atomic E-state index is 0.758. The molecule has 0 amide bonds. The number of hydrogen-bond donors (Lipinski definition) is 0. The lowest BCUT2D eigenvalue weighted by molar-refractivity contribution is 0.238. The highest BCUT2D eigenvalue weighted by atomic mass is 15.1. The van der Waals surface area contributed by atoms with Gasteiger partial charge in [0.25, 0.3) is 0 Å². The van der Waals surface area contributed by atoms with Crippen molar-refractivity contribution in [3.8, 4) is 0 Å². The molecule has 0 aromatic carbocycles. The Morgan fingerprint density at radius 2 is 1.93 bits per heavy atom. The molecule has 0 spiro atoms. The van der Waals surface area contributed by atoms with Crippen molar-refractivity contribution in [2.45, 2.75) is 12.8 Å². The highest BCUT2D eigenvalue weighted by Gasteiger charge is 2.16. The van der Waals surface area contributed by atoms with Crippen LogP contribution in [-0.2, 0) is 0 Å². The molecule has 1 radical (unpaired) electrons. The van der Waals surface area contributed by atoms with Gasteiger partial charge < -0.3 is 4.90 Å². The quantitative estimate of drug-likeness (QED) is 0.707. The van der Waals surface area contributed by atoms with E-state index in [1.807, 2.05) is 12.4 Å². The van der Waals surface area contributed by atoms with Crippen LogP contribution < -0.4 is 0 Å². The maximum atomic E-state index is 4.02. The largest absolute Gasteiger partial charge is 0.306 e. The average Bonchev–Trinajstić information content (AvgIpc) is 2.23. The van der Waals surface area contributed by atoms with E-state index in [1.165, 1.54) is 31.5 Å². The van der Waals surface area contributed by atoms with Crippen LogP contribution in [0.4, 0.5) is 0 Å². The van der Waals surface area contributed by atoms with Gasteiger partial charge in [-0.3, -0.25) is 4.98 Å². The van der Waals surface area contributed by atoms with Crippen molar-refractivity contribution in [1.82, 2.24) is 9.88 Å². The summed E-state index contributed by atoms with van der Waals surface area (Å²) in [5, 5.41) is 0. The first-order valence-electron chi connectivity index (χ1n) is 5.28. The van der Waals surface area contributed by atoms with Crippen LogP contribution in [0.2, 0.25) is 0 Å². The maximum absolute atomic E-state index is 4.02. The van der Waals surface area contributed by atoms with E-state index in [0.29, 0.717) is 0 Å². The molecule has 0 atom stereocenters. The second-order valence-corrected chi connectivity index (χ2v) is 4.09. The van der Waals surface area contributed by atoms with Gasteiger partial charge in [-0.1, -0.05) is 0 Å². The Bertz CT molecular complexity index is 263. The van der Waals surface area contributed by atoms with E-state index in [0.717, 1.165) is 5.92 Å². The molecule has 14 heavy (non-hydrogen) atoms. The van der Waals surface area contributed by atoms with Gasteiger partial charge >= 0.3 is 0 Å². The number of likely N-dealkylation sites (tertiary alicyclic amines) is 1. The molecule has 1 aromatic heterocycles. The van der Waals surface area contributed by atoms with E-state index >= 15 is 0 Å². The van der Waals surface area contributed by atoms with Crippen molar-refractivity contribution >= 4 is 0 Å². The van der Waals surface area contributed by atoms with Gasteiger partial charge in [-0.25, -0.2) is 0 Å². The molecule has 2 heteroatoms. The molecule has 0 aliphatic carbocycles. The Morgan fingerprint density at radius 1 is 1.29 bits per heavy atom. The van der Waals surface area contributed by atoms with Gasteiger partial charge in [0.2, 0.25) is 0 Å². The van der Waals surface area contributed by atoms with Crippen LogP contribution in [0, 0.1) is 12.3 Å². The Balaban J connectivity index is 1.87. The normalized spacial score (nSPS) is 19.8. The third-order valence-electron chi connectivity index (χ3n) is 2.90. The average molecular weight is 189 g/mol. The molecule has 1 aromatic rings. The van der Waals surface area contributed by atoms with E-state index in [9.17, 15) is 0 Å². The van der Waals surface area contributed by atoms with Gasteiger partial charge in [-0.15, -0.1) is 0 Å². The van der Waals surface area contributed by atoms with Crippen LogP contribution in [0.15, 0.2) is 24.5 Å². The molecule has 1 saturated heterocycles. The molecule has 0 bridgehead atoms. The molecule has 2 rings (SSSR count). The second-order valence-electron chi connectivity index (χ2n) is 4.09. The molecule has 0 unspecified atom stereocenters. The second kappa shape index (κ2) is 4.56. The topological polar surface area (TPSA) is 16.1 Å². The summed E-state index contributed by atoms with van der Waals surface area (Å²) in [6.07, 6.45) is 8.69. The van der Waals surface area contributed by atoms with E-state index in [2.05, 4.69) is 35.5 Å². The number of aromatic nitrogens is 1. The van der Waals surface area contributed by atoms with Gasteiger partial charge in [-0.05, 0) is 63.0 Å². The minimum absolute atomic E-state index is 0.758. The van der Waals surface area contributed by atoms with Gasteiger partial charge in [-0.2, -0.15) is 0 Å². The first-order valence-corrected chi connectivity index (χ1v) is 5.28. The van der Waals surface area contributed by atoms with Crippen LogP contribution in [0.3, 0.4) is 0 Å². The van der Waals surface area contributed by atoms with Gasteiger partial charge in [0.15, 0.2) is 0 Å². The van der Waals surface area contributed by atoms with Crippen LogP contribution in [-0.4, -0.2) is 30.0 Å². The van der Waals surface area contributed by atoms with Gasteiger partial charge in [0.05, 0.1) is 0 Å². The summed E-state index contributed by atoms with van der Waals surface area (Å²) in [4.78, 5) is 6.42. The minimum Gasteiger partial charge on any atom is -0.306 e. The van der Waals surface area contributed by atoms with Crippen molar-refractivity contribution in [3.05, 3.63) is 36.5 Å².